The average Bonchev–Trinajstić information content (AvgIpc) is 3.63. The van der Waals surface area contributed by atoms with E-state index in [1.165, 1.54) is 0 Å². The lowest BCUT2D eigenvalue weighted by atomic mass is 10.1. The average molecular weight is 434 g/mol. The number of hydrogen-bond acceptors (Lipinski definition) is 6. The summed E-state index contributed by atoms with van der Waals surface area (Å²) >= 11 is 0. The normalized spacial score (nSPS) is 14.8. The lowest BCUT2D eigenvalue weighted by molar-refractivity contribution is -0.117. The molecule has 4 rings (SSSR count). The van der Waals surface area contributed by atoms with Gasteiger partial charge in [0.1, 0.15) is 11.6 Å². The van der Waals surface area contributed by atoms with Gasteiger partial charge in [-0.15, -0.1) is 0 Å². The van der Waals surface area contributed by atoms with Gasteiger partial charge in [-0.2, -0.15) is 0 Å². The van der Waals surface area contributed by atoms with Crippen molar-refractivity contribution >= 4 is 38.0 Å². The number of pyridine rings is 2. The second-order valence-electron chi connectivity index (χ2n) is 7.41. The van der Waals surface area contributed by atoms with Crippen LogP contribution in [0.3, 0.4) is 0 Å². The van der Waals surface area contributed by atoms with E-state index in [4.69, 9.17) is 0 Å². The molecule has 2 heterocycles. The van der Waals surface area contributed by atoms with Crippen LogP contribution in [0.1, 0.15) is 24.0 Å². The van der Waals surface area contributed by atoms with Crippen LogP contribution in [0.2, 0.25) is 0 Å². The first kappa shape index (κ1) is 20.8. The van der Waals surface area contributed by atoms with Crippen molar-refractivity contribution < 1.29 is 9.00 Å². The summed E-state index contributed by atoms with van der Waals surface area (Å²) in [5.74, 6) is 7.61. The molecule has 2 N–H and O–H groups in total. The summed E-state index contributed by atoms with van der Waals surface area (Å²) in [5, 5.41) is 7.62. The fourth-order valence-corrected chi connectivity index (χ4v) is 3.96. The summed E-state index contributed by atoms with van der Waals surface area (Å²) in [7, 11) is 0.985. The fourth-order valence-electron chi connectivity index (χ4n) is 3.11. The zero-order valence-corrected chi connectivity index (χ0v) is 18.4. The Morgan fingerprint density at radius 3 is 2.52 bits per heavy atom. The molecule has 8 heteroatoms. The highest BCUT2D eigenvalue weighted by molar-refractivity contribution is 7.93. The molecule has 1 aliphatic rings. The lowest BCUT2D eigenvalue weighted by Gasteiger charge is -2.09. The molecule has 31 heavy (non-hydrogen) atoms. The summed E-state index contributed by atoms with van der Waals surface area (Å²) in [6.45, 7) is 0. The van der Waals surface area contributed by atoms with Crippen LogP contribution in [-0.2, 0) is 14.5 Å². The highest BCUT2D eigenvalue weighted by Gasteiger charge is 2.29. The molecule has 1 fully saturated rings. The topological polar surface area (TPSA) is 96.3 Å². The molecule has 2 aromatic heterocycles. The van der Waals surface area contributed by atoms with E-state index in [2.05, 4.69) is 36.8 Å². The predicted octanol–water partition coefficient (Wildman–Crippen LogP) is 3.51. The molecule has 1 atom stereocenters. The number of carbonyl (C=O) groups excluding carboxylic acids is 1. The second-order valence-corrected chi connectivity index (χ2v) is 9.85. The smallest absolute Gasteiger partial charge is 0.228 e. The van der Waals surface area contributed by atoms with Gasteiger partial charge in [-0.1, -0.05) is 11.8 Å². The Morgan fingerprint density at radius 2 is 1.87 bits per heavy atom. The Labute approximate surface area is 181 Å². The van der Waals surface area contributed by atoms with E-state index in [1.54, 1.807) is 44.9 Å². The van der Waals surface area contributed by atoms with E-state index in [0.29, 0.717) is 16.5 Å². The van der Waals surface area contributed by atoms with Gasteiger partial charge in [0.15, 0.2) is 0 Å². The molecule has 7 nitrogen and oxygen atoms in total. The third-order valence-corrected chi connectivity index (χ3v) is 7.03. The number of aromatic nitrogens is 2. The molecule has 1 aliphatic carbocycles. The van der Waals surface area contributed by atoms with Crippen molar-refractivity contribution in [2.75, 3.05) is 31.0 Å². The number of benzene rings is 1. The Bertz CT molecular complexity index is 1340. The summed E-state index contributed by atoms with van der Waals surface area (Å²) in [5.41, 5.74) is 1.52. The van der Waals surface area contributed by atoms with Crippen LogP contribution in [0.4, 0.5) is 11.6 Å². The standard InChI is InChI=1S/C23H23N5O2S/c1-24-22-20-14-26-21(28-23(29)16-8-9-16)12-19(20)17(13-27-22)7-4-15-5-10-18(11-6-15)31(3,30)25-2/h5-6,10-14,16H,8-9H2,1-3H3,(H,24,27)(H,26,28,29). The number of anilines is 2. The number of nitrogens with zero attached hydrogens (tertiary/aromatic N) is 3. The Kier molecular flexibility index (Phi) is 5.61. The van der Waals surface area contributed by atoms with Crippen molar-refractivity contribution in [3.05, 3.63) is 53.9 Å². The minimum Gasteiger partial charge on any atom is -0.373 e. The summed E-state index contributed by atoms with van der Waals surface area (Å²) in [6.07, 6.45) is 6.88. The number of rotatable bonds is 4. The molecular formula is C23H23N5O2S. The highest BCUT2D eigenvalue weighted by atomic mass is 32.2. The molecule has 0 spiro atoms. The molecule has 1 aromatic carbocycles. The predicted molar refractivity (Wildman–Crippen MR) is 124 cm³/mol. The zero-order valence-electron chi connectivity index (χ0n) is 17.6. The van der Waals surface area contributed by atoms with Crippen LogP contribution in [0.5, 0.6) is 0 Å². The Balaban J connectivity index is 1.70. The van der Waals surface area contributed by atoms with Crippen molar-refractivity contribution in [3.8, 4) is 11.8 Å². The van der Waals surface area contributed by atoms with Crippen LogP contribution in [0.15, 0.2) is 52.0 Å². The van der Waals surface area contributed by atoms with Crippen molar-refractivity contribution in [2.45, 2.75) is 17.7 Å². The highest BCUT2D eigenvalue weighted by Crippen LogP contribution is 2.31. The maximum Gasteiger partial charge on any atom is 0.228 e. The first-order chi connectivity index (χ1) is 14.9. The van der Waals surface area contributed by atoms with Crippen molar-refractivity contribution in [1.82, 2.24) is 9.97 Å². The number of fused-ring (bicyclic) bond motifs is 1. The van der Waals surface area contributed by atoms with Gasteiger partial charge < -0.3 is 10.6 Å². The molecule has 158 valence electrons. The van der Waals surface area contributed by atoms with Crippen molar-refractivity contribution in [2.24, 2.45) is 10.3 Å². The van der Waals surface area contributed by atoms with Gasteiger partial charge in [0, 0.05) is 59.9 Å². The van der Waals surface area contributed by atoms with Gasteiger partial charge in [0.25, 0.3) is 0 Å². The second kappa shape index (κ2) is 8.36. The molecule has 1 amide bonds. The number of nitrogens with one attached hydrogen (secondary N) is 2. The molecule has 1 unspecified atom stereocenters. The first-order valence-electron chi connectivity index (χ1n) is 9.91. The van der Waals surface area contributed by atoms with E-state index >= 15 is 0 Å². The van der Waals surface area contributed by atoms with E-state index in [1.807, 2.05) is 18.2 Å². The minimum atomic E-state index is -2.37. The third kappa shape index (κ3) is 4.52. The first-order valence-corrected chi connectivity index (χ1v) is 11.8. The van der Waals surface area contributed by atoms with Crippen LogP contribution in [0.25, 0.3) is 10.8 Å². The Hall–Kier alpha value is -3.44. The lowest BCUT2D eigenvalue weighted by Crippen LogP contribution is -2.14. The summed E-state index contributed by atoms with van der Waals surface area (Å²) < 4.78 is 16.3. The van der Waals surface area contributed by atoms with Crippen LogP contribution >= 0.6 is 0 Å². The SMILES string of the molecule is CN=S(C)(=O)c1ccc(C#Cc2cnc(NC)c3cnc(NC(=O)C4CC4)cc23)cc1. The number of carbonyl (C=O) groups is 1. The maximum atomic E-state index is 12.4. The van der Waals surface area contributed by atoms with Gasteiger partial charge in [-0.05, 0) is 43.2 Å². The maximum absolute atomic E-state index is 12.4. The summed E-state index contributed by atoms with van der Waals surface area (Å²) in [6, 6.07) is 9.07. The van der Waals surface area contributed by atoms with Gasteiger partial charge in [0.2, 0.25) is 5.91 Å². The van der Waals surface area contributed by atoms with Crippen molar-refractivity contribution in [1.29, 1.82) is 0 Å². The quantitative estimate of drug-likeness (QED) is 0.614. The summed E-state index contributed by atoms with van der Waals surface area (Å²) in [4.78, 5) is 21.6. The van der Waals surface area contributed by atoms with E-state index in [-0.39, 0.29) is 11.8 Å². The van der Waals surface area contributed by atoms with Gasteiger partial charge >= 0.3 is 0 Å². The fraction of sp³-hybridized carbons (Fsp3) is 0.261. The van der Waals surface area contributed by atoms with Crippen LogP contribution in [0, 0.1) is 17.8 Å². The third-order valence-electron chi connectivity index (χ3n) is 5.19. The van der Waals surface area contributed by atoms with Crippen LogP contribution < -0.4 is 10.6 Å². The van der Waals surface area contributed by atoms with Gasteiger partial charge in [-0.3, -0.25) is 4.79 Å². The molecule has 0 bridgehead atoms. The molecule has 0 radical (unpaired) electrons. The molecule has 0 saturated heterocycles. The van der Waals surface area contributed by atoms with Crippen molar-refractivity contribution in [3.63, 3.8) is 0 Å². The van der Waals surface area contributed by atoms with Gasteiger partial charge in [0.05, 0.1) is 15.3 Å². The number of amides is 1. The molecule has 1 saturated carbocycles. The van der Waals surface area contributed by atoms with E-state index in [9.17, 15) is 9.00 Å². The number of hydrogen-bond donors (Lipinski definition) is 2. The zero-order chi connectivity index (χ0) is 22.0. The van der Waals surface area contributed by atoms with E-state index < -0.39 is 9.73 Å². The Morgan fingerprint density at radius 1 is 1.13 bits per heavy atom. The van der Waals surface area contributed by atoms with Gasteiger partial charge in [-0.25, -0.2) is 18.5 Å². The molecule has 0 aliphatic heterocycles. The van der Waals surface area contributed by atoms with Crippen LogP contribution in [-0.4, -0.2) is 40.4 Å². The molecule has 3 aromatic rings. The minimum absolute atomic E-state index is 0.00814. The molecular weight excluding hydrogens is 410 g/mol. The monoisotopic (exact) mass is 433 g/mol. The largest absolute Gasteiger partial charge is 0.373 e. The van der Waals surface area contributed by atoms with E-state index in [0.717, 1.165) is 34.7 Å².